The molecule has 198 valence electrons. The number of aliphatic hydroxyl groups is 3. The normalized spacial score (nSPS) is 29.4. The number of fused-ring (bicyclic) bond motifs is 4. The Morgan fingerprint density at radius 1 is 1.16 bits per heavy atom. The molecule has 1 amide bonds. The van der Waals surface area contributed by atoms with Crippen molar-refractivity contribution in [2.75, 3.05) is 20.6 Å². The molecule has 4 atom stereocenters. The number of primary amides is 1. The lowest BCUT2D eigenvalue weighted by Crippen LogP contribution is -2.65. The Kier molecular flexibility index (Phi) is 5.95. The number of Topliss-reactive ketones (excluding diaryl/α,β-unsaturated/α-hetero) is 2. The highest BCUT2D eigenvalue weighted by Gasteiger charge is 2.64. The molecule has 1 aromatic rings. The number of nitrogens with two attached hydrogens (primary N) is 1. The second-order valence-electron chi connectivity index (χ2n) is 10.6. The van der Waals surface area contributed by atoms with Gasteiger partial charge in [0.05, 0.1) is 11.6 Å². The number of carbonyl (C=O) groups is 3. The van der Waals surface area contributed by atoms with Gasteiger partial charge in [0.25, 0.3) is 5.91 Å². The summed E-state index contributed by atoms with van der Waals surface area (Å²) in [7, 11) is 3.13. The maximum absolute atomic E-state index is 13.9. The number of halogens is 1. The minimum absolute atomic E-state index is 0.0297. The van der Waals surface area contributed by atoms with Gasteiger partial charge in [0, 0.05) is 35.2 Å². The van der Waals surface area contributed by atoms with E-state index in [2.05, 4.69) is 4.90 Å². The Morgan fingerprint density at radius 3 is 2.41 bits per heavy atom. The van der Waals surface area contributed by atoms with E-state index in [1.165, 1.54) is 4.90 Å². The molecule has 1 fully saturated rings. The molecule has 3 aliphatic carbocycles. The molecule has 4 aliphatic rings. The fourth-order valence-corrected chi connectivity index (χ4v) is 7.10. The van der Waals surface area contributed by atoms with Crippen molar-refractivity contribution in [2.24, 2.45) is 17.6 Å². The third-order valence-electron chi connectivity index (χ3n) is 8.34. The molecule has 0 bridgehead atoms. The van der Waals surface area contributed by atoms with Gasteiger partial charge in [0.1, 0.15) is 22.8 Å². The highest BCUT2D eigenvalue weighted by atomic mass is 35.5. The topological polar surface area (TPSA) is 165 Å². The van der Waals surface area contributed by atoms with E-state index in [1.54, 1.807) is 14.1 Å². The average molecular weight is 532 g/mol. The zero-order valence-electron chi connectivity index (χ0n) is 20.8. The van der Waals surface area contributed by atoms with Gasteiger partial charge in [-0.15, -0.1) is 0 Å². The fourth-order valence-electron chi connectivity index (χ4n) is 6.75. The van der Waals surface area contributed by atoms with Crippen molar-refractivity contribution < 1.29 is 34.8 Å². The number of rotatable bonds is 4. The molecule has 1 saturated carbocycles. The molecule has 10 nitrogen and oxygen atoms in total. The van der Waals surface area contributed by atoms with Gasteiger partial charge < -0.3 is 26.2 Å². The lowest BCUT2D eigenvalue weighted by atomic mass is 9.57. The largest absolute Gasteiger partial charge is 0.508 e. The van der Waals surface area contributed by atoms with Crippen LogP contribution in [0.3, 0.4) is 0 Å². The number of aliphatic hydroxyl groups excluding tert-OH is 2. The molecular formula is C26H30ClN3O7. The highest BCUT2D eigenvalue weighted by molar-refractivity contribution is 6.33. The van der Waals surface area contributed by atoms with Crippen LogP contribution in [-0.4, -0.2) is 80.0 Å². The van der Waals surface area contributed by atoms with E-state index in [0.29, 0.717) is 29.2 Å². The van der Waals surface area contributed by atoms with Crippen molar-refractivity contribution in [3.63, 3.8) is 0 Å². The van der Waals surface area contributed by atoms with Crippen molar-refractivity contribution in [1.82, 2.24) is 9.80 Å². The summed E-state index contributed by atoms with van der Waals surface area (Å²) in [6.45, 7) is 3.83. The number of likely N-dealkylation sites (N-methyl/N-ethyl adjacent to an activating group) is 1. The van der Waals surface area contributed by atoms with Gasteiger partial charge in [-0.25, -0.2) is 0 Å². The summed E-state index contributed by atoms with van der Waals surface area (Å²) in [6, 6.07) is -1.12. The number of phenols is 1. The quantitative estimate of drug-likeness (QED) is 0.360. The van der Waals surface area contributed by atoms with Gasteiger partial charge in [-0.2, -0.15) is 0 Å². The smallest absolute Gasteiger partial charge is 0.255 e. The molecule has 1 aliphatic heterocycles. The van der Waals surface area contributed by atoms with Crippen LogP contribution >= 0.6 is 11.6 Å². The molecule has 0 spiro atoms. The fraction of sp³-hybridized carbons (Fsp3) is 0.500. The summed E-state index contributed by atoms with van der Waals surface area (Å²) in [6.07, 6.45) is 1.12. The molecular weight excluding hydrogens is 502 g/mol. The average Bonchev–Trinajstić information content (AvgIpc) is 3.24. The first kappa shape index (κ1) is 25.7. The Labute approximate surface area is 218 Å². The van der Waals surface area contributed by atoms with Gasteiger partial charge in [-0.1, -0.05) is 18.5 Å². The van der Waals surface area contributed by atoms with E-state index in [4.69, 9.17) is 17.3 Å². The van der Waals surface area contributed by atoms with Crippen molar-refractivity contribution in [1.29, 1.82) is 0 Å². The molecule has 0 aromatic heterocycles. The van der Waals surface area contributed by atoms with Crippen LogP contribution in [0.5, 0.6) is 5.75 Å². The number of amides is 1. The molecule has 11 heteroatoms. The Balaban J connectivity index is 1.71. The van der Waals surface area contributed by atoms with Gasteiger partial charge in [0.2, 0.25) is 5.78 Å². The van der Waals surface area contributed by atoms with Crippen LogP contribution in [0.4, 0.5) is 0 Å². The summed E-state index contributed by atoms with van der Waals surface area (Å²) in [5.74, 6) is -6.63. The predicted octanol–water partition coefficient (Wildman–Crippen LogP) is 1.34. The van der Waals surface area contributed by atoms with Crippen LogP contribution in [0.25, 0.3) is 5.76 Å². The number of carbonyl (C=O) groups excluding carboxylic acids is 3. The molecule has 37 heavy (non-hydrogen) atoms. The molecule has 0 radical (unpaired) electrons. The first-order valence-electron chi connectivity index (χ1n) is 12.3. The lowest BCUT2D eigenvalue weighted by molar-refractivity contribution is -0.153. The zero-order valence-corrected chi connectivity index (χ0v) is 21.6. The van der Waals surface area contributed by atoms with Gasteiger partial charge in [-0.05, 0) is 56.9 Å². The molecule has 0 saturated heterocycles. The Morgan fingerprint density at radius 2 is 1.81 bits per heavy atom. The van der Waals surface area contributed by atoms with Crippen LogP contribution < -0.4 is 5.73 Å². The maximum atomic E-state index is 13.9. The number of hydrogen-bond donors (Lipinski definition) is 5. The second-order valence-corrected chi connectivity index (χ2v) is 11.0. The number of aromatic hydroxyl groups is 1. The first-order valence-corrected chi connectivity index (χ1v) is 12.7. The standard InChI is InChI=1S/C26H30ClN3O7/c1-4-5-30-8-12-13(9-30)20(31)16-11(18(12)27)6-10-7-14-19(29(2)3)22(33)17(25(28)36)24(35)26(14,37)23(34)15(10)21(16)32/h10,14,19,31-32,35,37H,4-9H2,1-3H3,(H2,28,36)/t10-,14-,19-,26-/m0/s1. The second kappa shape index (κ2) is 8.56. The summed E-state index contributed by atoms with van der Waals surface area (Å²) < 4.78 is 0. The summed E-state index contributed by atoms with van der Waals surface area (Å²) >= 11 is 6.82. The Hall–Kier alpha value is -2.92. The number of hydrogen-bond acceptors (Lipinski definition) is 9. The summed E-state index contributed by atoms with van der Waals surface area (Å²) in [5.41, 5.74) is 3.59. The van der Waals surface area contributed by atoms with Crippen LogP contribution in [0.2, 0.25) is 5.02 Å². The van der Waals surface area contributed by atoms with E-state index < -0.39 is 58.0 Å². The van der Waals surface area contributed by atoms with Gasteiger partial charge >= 0.3 is 0 Å². The van der Waals surface area contributed by atoms with Crippen molar-refractivity contribution >= 4 is 34.8 Å². The number of nitrogens with zero attached hydrogens (tertiary/aromatic N) is 2. The molecule has 5 rings (SSSR count). The van der Waals surface area contributed by atoms with Crippen molar-refractivity contribution in [3.05, 3.63) is 44.2 Å². The predicted molar refractivity (Wildman–Crippen MR) is 134 cm³/mol. The lowest BCUT2D eigenvalue weighted by Gasteiger charge is -2.50. The van der Waals surface area contributed by atoms with Gasteiger partial charge in [-0.3, -0.25) is 24.2 Å². The molecule has 1 heterocycles. The minimum Gasteiger partial charge on any atom is -0.508 e. The molecule has 1 aromatic carbocycles. The molecule has 0 unspecified atom stereocenters. The summed E-state index contributed by atoms with van der Waals surface area (Å²) in [4.78, 5) is 42.7. The van der Waals surface area contributed by atoms with Crippen LogP contribution in [0.1, 0.15) is 42.0 Å². The van der Waals surface area contributed by atoms with Crippen LogP contribution in [0.15, 0.2) is 16.9 Å². The van der Waals surface area contributed by atoms with E-state index in [0.717, 1.165) is 18.5 Å². The third-order valence-corrected chi connectivity index (χ3v) is 8.79. The van der Waals surface area contributed by atoms with Crippen molar-refractivity contribution in [3.8, 4) is 5.75 Å². The minimum atomic E-state index is -2.65. The zero-order chi connectivity index (χ0) is 27.1. The molecule has 6 N–H and O–H groups in total. The number of ketones is 2. The monoisotopic (exact) mass is 531 g/mol. The first-order chi connectivity index (χ1) is 17.4. The summed E-state index contributed by atoms with van der Waals surface area (Å²) in [5, 5.41) is 45.6. The Bertz CT molecular complexity index is 1330. The number of phenolic OH excluding ortho intramolecular Hbond substituents is 1. The maximum Gasteiger partial charge on any atom is 0.255 e. The van der Waals surface area contributed by atoms with E-state index in [-0.39, 0.29) is 29.7 Å². The van der Waals surface area contributed by atoms with E-state index >= 15 is 0 Å². The highest BCUT2D eigenvalue weighted by Crippen LogP contribution is 2.55. The van der Waals surface area contributed by atoms with E-state index in [1.807, 2.05) is 6.92 Å². The van der Waals surface area contributed by atoms with Crippen molar-refractivity contribution in [2.45, 2.75) is 50.9 Å². The van der Waals surface area contributed by atoms with Crippen LogP contribution in [0, 0.1) is 11.8 Å². The van der Waals surface area contributed by atoms with Crippen LogP contribution in [-0.2, 0) is 33.9 Å². The third kappa shape index (κ3) is 3.32. The SMILES string of the molecule is CCCN1Cc2c(O)c3c(c(Cl)c2C1)C[C@H]1C[C@H]2[C@H](N(C)C)C(=O)C(C(N)=O)=C(O)[C@@]2(O)C(=O)C1=C3O. The number of benzene rings is 1. The van der Waals surface area contributed by atoms with E-state index in [9.17, 15) is 34.8 Å². The van der Waals surface area contributed by atoms with Gasteiger partial charge in [0.15, 0.2) is 11.4 Å².